The summed E-state index contributed by atoms with van der Waals surface area (Å²) in [6, 6.07) is 32.2. The molecule has 0 spiro atoms. The number of nitrogens with zero attached hydrogens (tertiary/aromatic N) is 3. The molecule has 64 heavy (non-hydrogen) atoms. The lowest BCUT2D eigenvalue weighted by Gasteiger charge is -2.26. The molecule has 0 aliphatic carbocycles. The number of phenols is 1. The monoisotopic (exact) mass is 857 g/mol. The SMILES string of the molecule is [2H]c1c([2H])c(C(C([2H])([2H])[2H])(C([2H])([2H])[2H])C([2H])([2H])[2H])c([2H])c([2H])c1-c1ccnc(-c2cc(-c3cccc4c3nc(-c3cc(C)cc(C(C)(C)C)c3O)n4-c3ccc(C(C)(C)CC)cc3-c3ccccc3)cc(C(C)(C)C)c2)c1. The van der Waals surface area contributed by atoms with Crippen molar-refractivity contribution in [2.24, 2.45) is 0 Å². The maximum atomic E-state index is 12.4. The predicted molar refractivity (Wildman–Crippen MR) is 272 cm³/mol. The first kappa shape index (κ1) is 30.8. The van der Waals surface area contributed by atoms with E-state index < -0.39 is 66.5 Å². The van der Waals surface area contributed by atoms with Gasteiger partial charge in [0.15, 0.2) is 0 Å². The van der Waals surface area contributed by atoms with Crippen molar-refractivity contribution in [3.8, 4) is 67.5 Å². The molecule has 326 valence electrons. The number of phenolic OH excluding ortho intramolecular Hbond substituents is 1. The lowest BCUT2D eigenvalue weighted by Crippen LogP contribution is -2.16. The molecular formula is C60H65N3O. The summed E-state index contributed by atoms with van der Waals surface area (Å²) in [5.74, 6) is 0.678. The van der Waals surface area contributed by atoms with E-state index in [0.717, 1.165) is 56.6 Å². The van der Waals surface area contributed by atoms with Crippen LogP contribution < -0.4 is 0 Å². The molecule has 0 atom stereocenters. The molecular weight excluding hydrogens is 779 g/mol. The van der Waals surface area contributed by atoms with Crippen molar-refractivity contribution in [2.45, 2.75) is 118 Å². The summed E-state index contributed by atoms with van der Waals surface area (Å²) < 4.78 is 113. The number of hydrogen-bond acceptors (Lipinski definition) is 3. The zero-order valence-electron chi connectivity index (χ0n) is 51.5. The molecule has 0 saturated heterocycles. The summed E-state index contributed by atoms with van der Waals surface area (Å²) in [7, 11) is 0. The van der Waals surface area contributed by atoms with Gasteiger partial charge in [-0.1, -0.05) is 168 Å². The first-order valence-corrected chi connectivity index (χ1v) is 21.9. The molecule has 6 aromatic carbocycles. The van der Waals surface area contributed by atoms with Crippen LogP contribution >= 0.6 is 0 Å². The summed E-state index contributed by atoms with van der Waals surface area (Å²) in [5, 5.41) is 12.4. The molecule has 0 saturated carbocycles. The molecule has 8 aromatic rings. The van der Waals surface area contributed by atoms with Gasteiger partial charge in [-0.2, -0.15) is 0 Å². The maximum absolute atomic E-state index is 12.4. The van der Waals surface area contributed by atoms with E-state index >= 15 is 0 Å². The van der Waals surface area contributed by atoms with Gasteiger partial charge in [-0.3, -0.25) is 9.55 Å². The Morgan fingerprint density at radius 1 is 0.594 bits per heavy atom. The number of aromatic nitrogens is 3. The van der Waals surface area contributed by atoms with Gasteiger partial charge in [-0.25, -0.2) is 4.98 Å². The highest BCUT2D eigenvalue weighted by molar-refractivity contribution is 5.98. The Morgan fingerprint density at radius 2 is 1.31 bits per heavy atom. The van der Waals surface area contributed by atoms with Crippen LogP contribution in [0.15, 0.2) is 140 Å². The van der Waals surface area contributed by atoms with E-state index in [9.17, 15) is 5.11 Å². The Bertz CT molecular complexity index is 3530. The molecule has 4 nitrogen and oxygen atoms in total. The lowest BCUT2D eigenvalue weighted by atomic mass is 9.81. The quantitative estimate of drug-likeness (QED) is 0.166. The van der Waals surface area contributed by atoms with Gasteiger partial charge in [0.1, 0.15) is 11.6 Å². The molecule has 4 heteroatoms. The average molecular weight is 857 g/mol. The summed E-state index contributed by atoms with van der Waals surface area (Å²) in [4.78, 5) is 10.3. The highest BCUT2D eigenvalue weighted by atomic mass is 16.3. The highest BCUT2D eigenvalue weighted by Gasteiger charge is 2.28. The molecule has 0 bridgehead atoms. The van der Waals surface area contributed by atoms with E-state index in [2.05, 4.69) is 103 Å². The minimum absolute atomic E-state index is 0.125. The van der Waals surface area contributed by atoms with Gasteiger partial charge in [-0.15, -0.1) is 0 Å². The third-order valence-electron chi connectivity index (χ3n) is 12.4. The Balaban J connectivity index is 1.40. The zero-order valence-corrected chi connectivity index (χ0v) is 38.5. The van der Waals surface area contributed by atoms with Crippen molar-refractivity contribution in [2.75, 3.05) is 0 Å². The Morgan fingerprint density at radius 3 is 1.98 bits per heavy atom. The summed E-state index contributed by atoms with van der Waals surface area (Å²) in [6.45, 7) is 9.73. The molecule has 1 N–H and O–H groups in total. The standard InChI is InChI=1S/C60H65N3O/c1-14-60(12,13)45-27-28-52(48(37-45)40-19-16-15-17-20-40)63-53-22-18-21-47(54(53)62-56(63)49-31-38(2)32-50(55(49)64)59(9,10)11)42-33-43(35-46(34-42)58(6,7)8)51-36-41(29-30-61-51)39-23-25-44(26-24-39)57(3,4)5/h15-37,64H,14H2,1-13H3/i3D3,4D3,5D3,23D,24D,25D,26D. The molecule has 2 heterocycles. The molecule has 0 aliphatic heterocycles. The Hall–Kier alpha value is -6.26. The van der Waals surface area contributed by atoms with Gasteiger partial charge in [0.2, 0.25) is 0 Å². The van der Waals surface area contributed by atoms with Crippen molar-refractivity contribution >= 4 is 11.0 Å². The molecule has 2 aromatic heterocycles. The van der Waals surface area contributed by atoms with E-state index in [0.29, 0.717) is 28.2 Å². The number of rotatable bonds is 8. The van der Waals surface area contributed by atoms with Crippen LogP contribution in [0.3, 0.4) is 0 Å². The maximum Gasteiger partial charge on any atom is 0.149 e. The number of aromatic hydroxyl groups is 1. The van der Waals surface area contributed by atoms with Crippen LogP contribution in [-0.4, -0.2) is 19.6 Å². The van der Waals surface area contributed by atoms with E-state index in [1.807, 2.05) is 67.6 Å². The van der Waals surface area contributed by atoms with Gasteiger partial charge in [0.05, 0.1) is 33.5 Å². The van der Waals surface area contributed by atoms with Crippen molar-refractivity contribution in [1.29, 1.82) is 0 Å². The van der Waals surface area contributed by atoms with E-state index in [4.69, 9.17) is 27.8 Å². The van der Waals surface area contributed by atoms with E-state index in [1.165, 1.54) is 17.8 Å². The topological polar surface area (TPSA) is 50.9 Å². The zero-order chi connectivity index (χ0) is 56.9. The third-order valence-corrected chi connectivity index (χ3v) is 12.4. The second-order valence-corrected chi connectivity index (χ2v) is 19.7. The van der Waals surface area contributed by atoms with Gasteiger partial charge >= 0.3 is 0 Å². The number of benzene rings is 6. The van der Waals surface area contributed by atoms with Crippen molar-refractivity contribution in [1.82, 2.24) is 14.5 Å². The van der Waals surface area contributed by atoms with Crippen molar-refractivity contribution in [3.63, 3.8) is 0 Å². The fraction of sp³-hybridized carbons (Fsp3) is 0.300. The van der Waals surface area contributed by atoms with Gasteiger partial charge in [0, 0.05) is 40.8 Å². The predicted octanol–water partition coefficient (Wildman–Crippen LogP) is 16.3. The van der Waals surface area contributed by atoms with Gasteiger partial charge in [0.25, 0.3) is 0 Å². The number of para-hydroxylation sites is 1. The molecule has 8 rings (SSSR count). The molecule has 0 fully saturated rings. The molecule has 0 unspecified atom stereocenters. The van der Waals surface area contributed by atoms with Gasteiger partial charge < -0.3 is 5.11 Å². The first-order valence-electron chi connectivity index (χ1n) is 28.4. The fourth-order valence-electron chi connectivity index (χ4n) is 8.24. The largest absolute Gasteiger partial charge is 0.507 e. The van der Waals surface area contributed by atoms with Crippen LogP contribution in [0.1, 0.15) is 135 Å². The summed E-state index contributed by atoms with van der Waals surface area (Å²) >= 11 is 0. The molecule has 0 aliphatic rings. The summed E-state index contributed by atoms with van der Waals surface area (Å²) in [6.07, 6.45) is 2.36. The smallest absolute Gasteiger partial charge is 0.149 e. The minimum Gasteiger partial charge on any atom is -0.507 e. The Labute approximate surface area is 400 Å². The molecule has 0 amide bonds. The van der Waals surface area contributed by atoms with E-state index in [1.54, 1.807) is 6.07 Å². The van der Waals surface area contributed by atoms with Crippen LogP contribution in [0.4, 0.5) is 0 Å². The van der Waals surface area contributed by atoms with Crippen molar-refractivity contribution < 1.29 is 22.9 Å². The van der Waals surface area contributed by atoms with Crippen LogP contribution in [-0.2, 0) is 21.7 Å². The average Bonchev–Trinajstić information content (AvgIpc) is 3.85. The van der Waals surface area contributed by atoms with Crippen LogP contribution in [0, 0.1) is 6.92 Å². The van der Waals surface area contributed by atoms with E-state index in [-0.39, 0.29) is 22.3 Å². The Kier molecular flexibility index (Phi) is 7.87. The third kappa shape index (κ3) is 8.55. The molecule has 0 radical (unpaired) electrons. The lowest BCUT2D eigenvalue weighted by molar-refractivity contribution is 0.448. The second kappa shape index (κ2) is 16.4. The minimum atomic E-state index is -3.81. The first-order chi connectivity index (χ1) is 35.6. The number of hydrogen-bond donors (Lipinski definition) is 1. The highest BCUT2D eigenvalue weighted by Crippen LogP contribution is 2.45. The number of imidazole rings is 1. The van der Waals surface area contributed by atoms with Crippen molar-refractivity contribution in [3.05, 3.63) is 167 Å². The number of fused-ring (bicyclic) bond motifs is 1. The second-order valence-electron chi connectivity index (χ2n) is 19.7. The fourth-order valence-corrected chi connectivity index (χ4v) is 8.24. The van der Waals surface area contributed by atoms with Gasteiger partial charge in [-0.05, 0) is 128 Å². The number of pyridine rings is 1. The summed E-state index contributed by atoms with van der Waals surface area (Å²) in [5.41, 5.74) is 5.18. The van der Waals surface area contributed by atoms with Crippen LogP contribution in [0.2, 0.25) is 0 Å². The van der Waals surface area contributed by atoms with Crippen LogP contribution in [0.5, 0.6) is 5.75 Å². The van der Waals surface area contributed by atoms with Crippen LogP contribution in [0.25, 0.3) is 72.7 Å². The number of aryl methyl sites for hydroxylation is 1. The normalized spacial score (nSPS) is 16.1.